The average molecular weight is 632 g/mol. The normalized spacial score (nSPS) is 12.6. The number of amides is 2. The molecule has 1 N–H and O–H groups in total. The van der Waals surface area contributed by atoms with Crippen molar-refractivity contribution in [2.45, 2.75) is 57.1 Å². The van der Waals surface area contributed by atoms with Crippen molar-refractivity contribution in [2.24, 2.45) is 0 Å². The zero-order valence-corrected chi connectivity index (χ0v) is 26.8. The molecule has 0 saturated heterocycles. The lowest BCUT2D eigenvalue weighted by atomic mass is 10.0. The second-order valence-electron chi connectivity index (χ2n) is 10.8. The van der Waals surface area contributed by atoms with E-state index >= 15 is 0 Å². The fourth-order valence-electron chi connectivity index (χ4n) is 4.74. The molecule has 0 spiro atoms. The number of aryl methyl sites for hydroxylation is 1. The largest absolute Gasteiger partial charge is 0.352 e. The van der Waals surface area contributed by atoms with Crippen LogP contribution in [0.1, 0.15) is 37.0 Å². The van der Waals surface area contributed by atoms with Gasteiger partial charge in [-0.25, -0.2) is 8.42 Å². The van der Waals surface area contributed by atoms with E-state index in [0.29, 0.717) is 10.7 Å². The number of carbonyl (C=O) groups excluding carboxylic acids is 2. The first-order chi connectivity index (χ1) is 21.1. The van der Waals surface area contributed by atoms with Gasteiger partial charge >= 0.3 is 0 Å². The Bertz CT molecular complexity index is 1630. The number of nitrogens with one attached hydrogen (secondary N) is 1. The first-order valence-electron chi connectivity index (χ1n) is 14.6. The number of hydrogen-bond acceptors (Lipinski definition) is 4. The molecule has 0 bridgehead atoms. The molecular formula is C35H38ClN3O4S. The summed E-state index contributed by atoms with van der Waals surface area (Å²) in [6.45, 7) is 5.48. The zero-order chi connectivity index (χ0) is 31.7. The van der Waals surface area contributed by atoms with Gasteiger partial charge in [-0.2, -0.15) is 0 Å². The van der Waals surface area contributed by atoms with E-state index in [1.807, 2.05) is 75.4 Å². The van der Waals surface area contributed by atoms with Crippen molar-refractivity contribution in [3.63, 3.8) is 0 Å². The summed E-state index contributed by atoms with van der Waals surface area (Å²) in [7, 11) is -4.18. The van der Waals surface area contributed by atoms with Crippen LogP contribution in [0, 0.1) is 6.92 Å². The van der Waals surface area contributed by atoms with E-state index in [1.165, 1.54) is 29.2 Å². The molecule has 0 heterocycles. The Balaban J connectivity index is 1.78. The van der Waals surface area contributed by atoms with Crippen molar-refractivity contribution in [1.29, 1.82) is 0 Å². The standard InChI is InChI=1S/C35H38ClN3O4S/c1-4-27(3)37-35(41)33(23-28-11-7-5-8-12-28)38(24-29-17-15-26(2)16-18-29)34(40)25-39(31-13-9-6-10-14-31)44(42,43)32-21-19-30(36)20-22-32/h5-22,27,33H,4,23-25H2,1-3H3,(H,37,41)/t27-,33+/m1/s1. The number of hydrogen-bond donors (Lipinski definition) is 1. The molecule has 0 aliphatic heterocycles. The van der Waals surface area contributed by atoms with Gasteiger partial charge in [0.05, 0.1) is 10.6 Å². The van der Waals surface area contributed by atoms with Crippen molar-refractivity contribution in [2.75, 3.05) is 10.8 Å². The lowest BCUT2D eigenvalue weighted by Crippen LogP contribution is -2.54. The van der Waals surface area contributed by atoms with Gasteiger partial charge in [-0.15, -0.1) is 0 Å². The van der Waals surface area contributed by atoms with Crippen molar-refractivity contribution in [3.8, 4) is 0 Å². The molecule has 230 valence electrons. The molecule has 0 radical (unpaired) electrons. The molecule has 4 aromatic carbocycles. The second-order valence-corrected chi connectivity index (χ2v) is 13.1. The predicted octanol–water partition coefficient (Wildman–Crippen LogP) is 6.40. The number of sulfonamides is 1. The first kappa shape index (κ1) is 32.8. The van der Waals surface area contributed by atoms with E-state index in [2.05, 4.69) is 5.32 Å². The Kier molecular flexibility index (Phi) is 11.2. The second kappa shape index (κ2) is 15.0. The highest BCUT2D eigenvalue weighted by Gasteiger charge is 2.35. The summed E-state index contributed by atoms with van der Waals surface area (Å²) in [6, 6.07) is 30.6. The van der Waals surface area contributed by atoms with Gasteiger partial charge < -0.3 is 10.2 Å². The van der Waals surface area contributed by atoms with Gasteiger partial charge in [-0.05, 0) is 67.8 Å². The topological polar surface area (TPSA) is 86.8 Å². The number of rotatable bonds is 13. The lowest BCUT2D eigenvalue weighted by Gasteiger charge is -2.34. The quantitative estimate of drug-likeness (QED) is 0.185. The number of benzene rings is 4. The van der Waals surface area contributed by atoms with Crippen LogP contribution in [0.3, 0.4) is 0 Å². The minimum Gasteiger partial charge on any atom is -0.352 e. The Hall–Kier alpha value is -4.14. The van der Waals surface area contributed by atoms with Crippen molar-refractivity contribution >= 4 is 39.1 Å². The van der Waals surface area contributed by atoms with Crippen LogP contribution in [0.2, 0.25) is 5.02 Å². The van der Waals surface area contributed by atoms with Crippen LogP contribution in [-0.2, 0) is 32.6 Å². The summed E-state index contributed by atoms with van der Waals surface area (Å²) >= 11 is 6.04. The van der Waals surface area contributed by atoms with E-state index in [0.717, 1.165) is 27.4 Å². The molecule has 0 saturated carbocycles. The maximum atomic E-state index is 14.4. The number of nitrogens with zero attached hydrogens (tertiary/aromatic N) is 2. The van der Waals surface area contributed by atoms with Gasteiger partial charge in [-0.1, -0.05) is 96.9 Å². The highest BCUT2D eigenvalue weighted by Crippen LogP contribution is 2.26. The number of anilines is 1. The van der Waals surface area contributed by atoms with E-state index in [9.17, 15) is 18.0 Å². The summed E-state index contributed by atoms with van der Waals surface area (Å²) in [4.78, 5) is 29.8. The van der Waals surface area contributed by atoms with Gasteiger partial charge in [0.25, 0.3) is 10.0 Å². The smallest absolute Gasteiger partial charge is 0.264 e. The summed E-state index contributed by atoms with van der Waals surface area (Å²) in [6.07, 6.45) is 0.979. The fraction of sp³-hybridized carbons (Fsp3) is 0.257. The van der Waals surface area contributed by atoms with Gasteiger partial charge in [0, 0.05) is 24.0 Å². The molecule has 0 unspecified atom stereocenters. The molecule has 0 aliphatic rings. The van der Waals surface area contributed by atoms with Gasteiger partial charge in [0.2, 0.25) is 11.8 Å². The van der Waals surface area contributed by atoms with Crippen molar-refractivity contribution in [3.05, 3.63) is 131 Å². The maximum Gasteiger partial charge on any atom is 0.264 e. The highest BCUT2D eigenvalue weighted by atomic mass is 35.5. The van der Waals surface area contributed by atoms with Crippen LogP contribution in [-0.4, -0.2) is 43.8 Å². The molecule has 4 aromatic rings. The summed E-state index contributed by atoms with van der Waals surface area (Å²) in [5, 5.41) is 3.44. The molecule has 7 nitrogen and oxygen atoms in total. The molecule has 0 fully saturated rings. The monoisotopic (exact) mass is 631 g/mol. The highest BCUT2D eigenvalue weighted by molar-refractivity contribution is 7.92. The van der Waals surface area contributed by atoms with E-state index < -0.39 is 28.5 Å². The minimum atomic E-state index is -4.18. The number of halogens is 1. The summed E-state index contributed by atoms with van der Waals surface area (Å²) in [5.74, 6) is -0.803. The number of carbonyl (C=O) groups is 2. The van der Waals surface area contributed by atoms with Crippen LogP contribution >= 0.6 is 11.6 Å². The maximum absolute atomic E-state index is 14.4. The molecular weight excluding hydrogens is 594 g/mol. The minimum absolute atomic E-state index is 0.000938. The third-order valence-corrected chi connectivity index (χ3v) is 9.51. The van der Waals surface area contributed by atoms with Crippen LogP contribution in [0.25, 0.3) is 0 Å². The van der Waals surface area contributed by atoms with Crippen LogP contribution in [0.5, 0.6) is 0 Å². The van der Waals surface area contributed by atoms with Crippen molar-refractivity contribution < 1.29 is 18.0 Å². The van der Waals surface area contributed by atoms with Gasteiger partial charge in [0.15, 0.2) is 0 Å². The fourth-order valence-corrected chi connectivity index (χ4v) is 6.28. The first-order valence-corrected chi connectivity index (χ1v) is 16.4. The predicted molar refractivity (Wildman–Crippen MR) is 176 cm³/mol. The van der Waals surface area contributed by atoms with E-state index in [-0.39, 0.29) is 29.8 Å². The Morgan fingerprint density at radius 1 is 0.818 bits per heavy atom. The third kappa shape index (κ3) is 8.49. The Morgan fingerprint density at radius 2 is 1.41 bits per heavy atom. The summed E-state index contributed by atoms with van der Waals surface area (Å²) < 4.78 is 29.1. The molecule has 2 atom stereocenters. The van der Waals surface area contributed by atoms with Crippen LogP contribution < -0.4 is 9.62 Å². The van der Waals surface area contributed by atoms with E-state index in [1.54, 1.807) is 30.3 Å². The van der Waals surface area contributed by atoms with Gasteiger partial charge in [0.1, 0.15) is 12.6 Å². The summed E-state index contributed by atoms with van der Waals surface area (Å²) in [5.41, 5.74) is 3.10. The number of para-hydroxylation sites is 1. The molecule has 0 aliphatic carbocycles. The van der Waals surface area contributed by atoms with Crippen molar-refractivity contribution in [1.82, 2.24) is 10.2 Å². The van der Waals surface area contributed by atoms with Crippen LogP contribution in [0.4, 0.5) is 5.69 Å². The van der Waals surface area contributed by atoms with E-state index in [4.69, 9.17) is 11.6 Å². The Morgan fingerprint density at radius 3 is 2.00 bits per heavy atom. The SMILES string of the molecule is CC[C@@H](C)NC(=O)[C@H](Cc1ccccc1)N(Cc1ccc(C)cc1)C(=O)CN(c1ccccc1)S(=O)(=O)c1ccc(Cl)cc1. The molecule has 4 rings (SSSR count). The zero-order valence-electron chi connectivity index (χ0n) is 25.2. The van der Waals surface area contributed by atoms with Gasteiger partial charge in [-0.3, -0.25) is 13.9 Å². The molecule has 44 heavy (non-hydrogen) atoms. The average Bonchev–Trinajstić information content (AvgIpc) is 3.03. The molecule has 9 heteroatoms. The molecule has 2 amide bonds. The Labute approximate surface area is 265 Å². The van der Waals surface area contributed by atoms with Crippen LogP contribution in [0.15, 0.2) is 114 Å². The third-order valence-electron chi connectivity index (χ3n) is 7.47. The lowest BCUT2D eigenvalue weighted by molar-refractivity contribution is -0.140. The molecule has 0 aromatic heterocycles.